The third-order valence-corrected chi connectivity index (χ3v) is 6.11. The van der Waals surface area contributed by atoms with E-state index in [1.165, 1.54) is 21.0 Å². The average molecular weight is 491 g/mol. The number of ether oxygens (including phenoxy) is 5. The molecule has 1 saturated heterocycles. The standard InChI is InChI=1S/C29H30O7/c1-20(30)34-26-25(36-28(32-3)27(26)35-21(2)31)19-33-29(22-13-7-4-8-14-22,23-15-9-5-10-16-23)24-17-11-6-12-18-24/h4-18,25-28H,19H2,1-3H3/t25-,26+,27-,28-/m1/s1. The minimum absolute atomic E-state index is 0.0221. The van der Waals surface area contributed by atoms with Crippen molar-refractivity contribution in [2.24, 2.45) is 0 Å². The third-order valence-electron chi connectivity index (χ3n) is 6.11. The summed E-state index contributed by atoms with van der Waals surface area (Å²) in [4.78, 5) is 23.7. The summed E-state index contributed by atoms with van der Waals surface area (Å²) in [6, 6.07) is 29.7. The second kappa shape index (κ2) is 11.5. The van der Waals surface area contributed by atoms with E-state index >= 15 is 0 Å². The zero-order valence-electron chi connectivity index (χ0n) is 20.5. The molecular formula is C29H30O7. The molecule has 0 amide bonds. The van der Waals surface area contributed by atoms with Crippen LogP contribution < -0.4 is 0 Å². The zero-order chi connectivity index (χ0) is 25.5. The third kappa shape index (κ3) is 5.33. The number of hydrogen-bond acceptors (Lipinski definition) is 7. The molecular weight excluding hydrogens is 460 g/mol. The van der Waals surface area contributed by atoms with Gasteiger partial charge in [-0.1, -0.05) is 91.0 Å². The van der Waals surface area contributed by atoms with Gasteiger partial charge in [0.25, 0.3) is 0 Å². The van der Waals surface area contributed by atoms with E-state index in [0.717, 1.165) is 16.7 Å². The SMILES string of the molecule is CO[C@@H]1O[C@H](COC(c2ccccc2)(c2ccccc2)c2ccccc2)[C@H](OC(C)=O)[C@H]1OC(C)=O. The Morgan fingerprint density at radius 1 is 0.722 bits per heavy atom. The van der Waals surface area contributed by atoms with Crippen LogP contribution in [0.15, 0.2) is 91.0 Å². The summed E-state index contributed by atoms with van der Waals surface area (Å²) in [5.41, 5.74) is 1.77. The van der Waals surface area contributed by atoms with E-state index in [4.69, 9.17) is 23.7 Å². The van der Waals surface area contributed by atoms with Crippen LogP contribution in [0.1, 0.15) is 30.5 Å². The molecule has 7 heteroatoms. The van der Waals surface area contributed by atoms with Gasteiger partial charge in [0.1, 0.15) is 11.7 Å². The van der Waals surface area contributed by atoms with E-state index in [9.17, 15) is 9.59 Å². The van der Waals surface area contributed by atoms with Crippen molar-refractivity contribution in [1.29, 1.82) is 0 Å². The Hall–Kier alpha value is -3.52. The van der Waals surface area contributed by atoms with Crippen molar-refractivity contribution < 1.29 is 33.3 Å². The number of carbonyl (C=O) groups is 2. The lowest BCUT2D eigenvalue weighted by molar-refractivity contribution is -0.182. The van der Waals surface area contributed by atoms with E-state index in [2.05, 4.69) is 0 Å². The van der Waals surface area contributed by atoms with E-state index in [0.29, 0.717) is 0 Å². The molecule has 0 unspecified atom stereocenters. The van der Waals surface area contributed by atoms with Gasteiger partial charge in [0.15, 0.2) is 18.5 Å². The molecule has 0 bridgehead atoms. The maximum absolute atomic E-state index is 11.9. The predicted molar refractivity (Wildman–Crippen MR) is 132 cm³/mol. The van der Waals surface area contributed by atoms with Crippen LogP contribution in [0.25, 0.3) is 0 Å². The molecule has 0 N–H and O–H groups in total. The quantitative estimate of drug-likeness (QED) is 0.328. The van der Waals surface area contributed by atoms with Crippen LogP contribution in [-0.4, -0.2) is 50.3 Å². The number of rotatable bonds is 9. The van der Waals surface area contributed by atoms with Gasteiger partial charge in [-0.2, -0.15) is 0 Å². The fourth-order valence-corrected chi connectivity index (χ4v) is 4.64. The van der Waals surface area contributed by atoms with Gasteiger partial charge >= 0.3 is 11.9 Å². The van der Waals surface area contributed by atoms with Gasteiger partial charge in [0.2, 0.25) is 0 Å². The first-order valence-electron chi connectivity index (χ1n) is 11.8. The van der Waals surface area contributed by atoms with Crippen molar-refractivity contribution in [3.05, 3.63) is 108 Å². The second-order valence-corrected chi connectivity index (χ2v) is 8.52. The van der Waals surface area contributed by atoms with Crippen molar-refractivity contribution in [3.8, 4) is 0 Å². The van der Waals surface area contributed by atoms with Crippen LogP contribution in [0.2, 0.25) is 0 Å². The van der Waals surface area contributed by atoms with Gasteiger partial charge in [-0.05, 0) is 16.7 Å². The summed E-state index contributed by atoms with van der Waals surface area (Å²) in [6.45, 7) is 2.60. The molecule has 0 aliphatic carbocycles. The Balaban J connectivity index is 1.76. The van der Waals surface area contributed by atoms with Gasteiger partial charge in [0, 0.05) is 21.0 Å². The highest BCUT2D eigenvalue weighted by Gasteiger charge is 2.51. The number of hydrogen-bond donors (Lipinski definition) is 0. The molecule has 1 fully saturated rings. The molecule has 3 aromatic rings. The van der Waals surface area contributed by atoms with Crippen molar-refractivity contribution in [2.75, 3.05) is 13.7 Å². The summed E-state index contributed by atoms with van der Waals surface area (Å²) in [7, 11) is 1.44. The Kier molecular flexibility index (Phi) is 8.15. The van der Waals surface area contributed by atoms with Gasteiger partial charge in [-0.15, -0.1) is 0 Å². The first-order chi connectivity index (χ1) is 17.5. The van der Waals surface area contributed by atoms with Gasteiger partial charge in [0.05, 0.1) is 6.61 Å². The lowest BCUT2D eigenvalue weighted by atomic mass is 9.80. The first kappa shape index (κ1) is 25.6. The van der Waals surface area contributed by atoms with Crippen molar-refractivity contribution in [2.45, 2.75) is 44.1 Å². The highest BCUT2D eigenvalue weighted by Crippen LogP contribution is 2.41. The smallest absolute Gasteiger partial charge is 0.303 e. The Morgan fingerprint density at radius 3 is 1.53 bits per heavy atom. The lowest BCUT2D eigenvalue weighted by Crippen LogP contribution is -2.43. The predicted octanol–water partition coefficient (Wildman–Crippen LogP) is 4.23. The van der Waals surface area contributed by atoms with Gasteiger partial charge < -0.3 is 23.7 Å². The van der Waals surface area contributed by atoms with Gasteiger partial charge in [-0.3, -0.25) is 9.59 Å². The highest BCUT2D eigenvalue weighted by molar-refractivity contribution is 5.67. The number of methoxy groups -OCH3 is 1. The molecule has 4 rings (SSSR count). The lowest BCUT2D eigenvalue weighted by Gasteiger charge is -2.37. The largest absolute Gasteiger partial charge is 0.455 e. The highest BCUT2D eigenvalue weighted by atomic mass is 16.7. The molecule has 0 radical (unpaired) electrons. The monoisotopic (exact) mass is 490 g/mol. The van der Waals surface area contributed by atoms with Crippen LogP contribution in [0.4, 0.5) is 0 Å². The Morgan fingerprint density at radius 2 is 1.14 bits per heavy atom. The minimum atomic E-state index is -0.990. The second-order valence-electron chi connectivity index (χ2n) is 8.52. The van der Waals surface area contributed by atoms with E-state index in [1.807, 2.05) is 91.0 Å². The summed E-state index contributed by atoms with van der Waals surface area (Å²) in [5, 5.41) is 0. The van der Waals surface area contributed by atoms with Crippen LogP contribution in [0.3, 0.4) is 0 Å². The van der Waals surface area contributed by atoms with Crippen LogP contribution in [0, 0.1) is 0 Å². The zero-order valence-corrected chi connectivity index (χ0v) is 20.5. The van der Waals surface area contributed by atoms with Crippen LogP contribution >= 0.6 is 0 Å². The Labute approximate surface area is 210 Å². The molecule has 1 heterocycles. The fourth-order valence-electron chi connectivity index (χ4n) is 4.64. The summed E-state index contributed by atoms with van der Waals surface area (Å²) in [5.74, 6) is -1.06. The Bertz CT molecular complexity index is 1040. The van der Waals surface area contributed by atoms with E-state index in [-0.39, 0.29) is 6.61 Å². The first-order valence-corrected chi connectivity index (χ1v) is 11.8. The normalized spacial score (nSPS) is 21.6. The molecule has 0 aromatic heterocycles. The molecule has 3 aromatic carbocycles. The number of benzene rings is 3. The number of carbonyl (C=O) groups excluding carboxylic acids is 2. The minimum Gasteiger partial charge on any atom is -0.455 e. The molecule has 0 spiro atoms. The summed E-state index contributed by atoms with van der Waals surface area (Å²) < 4.78 is 29.2. The molecule has 0 saturated carbocycles. The molecule has 1 aliphatic rings. The van der Waals surface area contributed by atoms with E-state index < -0.39 is 42.1 Å². The summed E-state index contributed by atoms with van der Waals surface area (Å²) in [6.07, 6.45) is -3.49. The summed E-state index contributed by atoms with van der Waals surface area (Å²) >= 11 is 0. The topological polar surface area (TPSA) is 80.3 Å². The molecule has 1 aliphatic heterocycles. The average Bonchev–Trinajstić information content (AvgIpc) is 3.21. The van der Waals surface area contributed by atoms with Crippen molar-refractivity contribution in [3.63, 3.8) is 0 Å². The maximum atomic E-state index is 11.9. The number of esters is 2. The van der Waals surface area contributed by atoms with Crippen LogP contribution in [-0.2, 0) is 38.9 Å². The molecule has 188 valence electrons. The molecule has 36 heavy (non-hydrogen) atoms. The van der Waals surface area contributed by atoms with Crippen molar-refractivity contribution in [1.82, 2.24) is 0 Å². The fraction of sp³-hybridized carbons (Fsp3) is 0.310. The van der Waals surface area contributed by atoms with Crippen molar-refractivity contribution >= 4 is 11.9 Å². The van der Waals surface area contributed by atoms with Gasteiger partial charge in [-0.25, -0.2) is 0 Å². The molecule has 4 atom stereocenters. The van der Waals surface area contributed by atoms with E-state index in [1.54, 1.807) is 0 Å². The van der Waals surface area contributed by atoms with Crippen LogP contribution in [0.5, 0.6) is 0 Å². The molecule has 7 nitrogen and oxygen atoms in total. The maximum Gasteiger partial charge on any atom is 0.303 e.